The van der Waals surface area contributed by atoms with Crippen molar-refractivity contribution in [2.24, 2.45) is 0 Å². The minimum Gasteiger partial charge on any atom is -0.380 e. The Balaban J connectivity index is 1.75. The summed E-state index contributed by atoms with van der Waals surface area (Å²) in [6, 6.07) is 9.63. The van der Waals surface area contributed by atoms with Crippen molar-refractivity contribution < 1.29 is 22.7 Å². The third-order valence-electron chi connectivity index (χ3n) is 3.75. The van der Waals surface area contributed by atoms with Crippen LogP contribution in [0.15, 0.2) is 55.1 Å². The van der Waals surface area contributed by atoms with E-state index in [0.717, 1.165) is 29.0 Å². The maximum Gasteiger partial charge on any atom is 0.418 e. The molecule has 146 valence electrons. The first kappa shape index (κ1) is 19.4. The minimum absolute atomic E-state index is 0.00954. The summed E-state index contributed by atoms with van der Waals surface area (Å²) in [5, 5.41) is 8.68. The minimum atomic E-state index is -4.63. The van der Waals surface area contributed by atoms with Gasteiger partial charge in [0.1, 0.15) is 12.7 Å². The van der Waals surface area contributed by atoms with E-state index in [-0.39, 0.29) is 11.4 Å². The van der Waals surface area contributed by atoms with E-state index in [9.17, 15) is 18.0 Å². The molecule has 0 aliphatic rings. The average Bonchev–Trinajstić information content (AvgIpc) is 3.17. The summed E-state index contributed by atoms with van der Waals surface area (Å²) in [6.07, 6.45) is -2.33. The second-order valence-electron chi connectivity index (χ2n) is 5.78. The van der Waals surface area contributed by atoms with Crippen molar-refractivity contribution in [2.75, 3.05) is 17.7 Å². The molecule has 1 heterocycles. The second-order valence-corrected chi connectivity index (χ2v) is 5.78. The molecule has 0 aliphatic carbocycles. The highest BCUT2D eigenvalue weighted by atomic mass is 19.4. The number of hydrogen-bond acceptors (Lipinski definition) is 4. The lowest BCUT2D eigenvalue weighted by molar-refractivity contribution is -0.137. The number of carbonyl (C=O) groups excluding carboxylic acids is 1. The zero-order chi connectivity index (χ0) is 20.1. The number of nitrogens with one attached hydrogen (secondary N) is 2. The largest absolute Gasteiger partial charge is 0.418 e. The monoisotopic (exact) mass is 391 g/mol. The van der Waals surface area contributed by atoms with Crippen LogP contribution in [0.1, 0.15) is 11.1 Å². The Labute approximate surface area is 158 Å². The Morgan fingerprint density at radius 2 is 1.79 bits per heavy atom. The first-order chi connectivity index (χ1) is 13.4. The van der Waals surface area contributed by atoms with Gasteiger partial charge >= 0.3 is 12.2 Å². The van der Waals surface area contributed by atoms with E-state index in [1.54, 1.807) is 31.4 Å². The van der Waals surface area contributed by atoms with Gasteiger partial charge in [-0.2, -0.15) is 18.3 Å². The normalized spacial score (nSPS) is 11.3. The van der Waals surface area contributed by atoms with Crippen molar-refractivity contribution in [3.8, 4) is 5.69 Å². The van der Waals surface area contributed by atoms with Crippen molar-refractivity contribution in [3.05, 3.63) is 66.2 Å². The molecule has 3 aromatic rings. The summed E-state index contributed by atoms with van der Waals surface area (Å²) in [5.41, 5.74) is 0.272. The first-order valence-electron chi connectivity index (χ1n) is 8.09. The molecular weight excluding hydrogens is 375 g/mol. The summed E-state index contributed by atoms with van der Waals surface area (Å²) in [6.45, 7) is 0.435. The van der Waals surface area contributed by atoms with Gasteiger partial charge < -0.3 is 15.4 Å². The number of rotatable bonds is 5. The molecule has 2 amide bonds. The molecule has 0 spiro atoms. The van der Waals surface area contributed by atoms with Crippen LogP contribution in [-0.2, 0) is 17.5 Å². The van der Waals surface area contributed by atoms with Gasteiger partial charge in [-0.15, -0.1) is 0 Å². The third kappa shape index (κ3) is 4.65. The van der Waals surface area contributed by atoms with Crippen LogP contribution in [0, 0.1) is 0 Å². The molecule has 0 atom stereocenters. The zero-order valence-electron chi connectivity index (χ0n) is 14.7. The van der Waals surface area contributed by atoms with E-state index in [2.05, 4.69) is 20.7 Å². The highest BCUT2D eigenvalue weighted by Gasteiger charge is 2.34. The number of carbonyl (C=O) groups is 1. The summed E-state index contributed by atoms with van der Waals surface area (Å²) < 4.78 is 46.2. The average molecular weight is 391 g/mol. The number of ether oxygens (including phenoxy) is 1. The van der Waals surface area contributed by atoms with Crippen LogP contribution in [0.5, 0.6) is 0 Å². The maximum atomic E-state index is 13.4. The molecule has 28 heavy (non-hydrogen) atoms. The summed E-state index contributed by atoms with van der Waals surface area (Å²) in [5.74, 6) is 0. The number of aromatic nitrogens is 3. The summed E-state index contributed by atoms with van der Waals surface area (Å²) in [4.78, 5) is 15.8. The molecule has 0 fully saturated rings. The lowest BCUT2D eigenvalue weighted by Gasteiger charge is -2.15. The van der Waals surface area contributed by atoms with Crippen LogP contribution in [0.3, 0.4) is 0 Å². The Bertz CT molecular complexity index is 941. The molecule has 0 radical (unpaired) electrons. The van der Waals surface area contributed by atoms with E-state index in [4.69, 9.17) is 4.74 Å². The van der Waals surface area contributed by atoms with Gasteiger partial charge in [-0.05, 0) is 35.9 Å². The van der Waals surface area contributed by atoms with Gasteiger partial charge in [0.25, 0.3) is 0 Å². The number of urea groups is 1. The number of anilines is 2. The fourth-order valence-electron chi connectivity index (χ4n) is 2.52. The van der Waals surface area contributed by atoms with Gasteiger partial charge in [0.05, 0.1) is 17.9 Å². The predicted octanol–water partition coefficient (Wildman–Crippen LogP) is 4.08. The molecule has 1 aromatic heterocycles. The molecule has 0 bridgehead atoms. The van der Waals surface area contributed by atoms with Gasteiger partial charge in [0.2, 0.25) is 0 Å². The van der Waals surface area contributed by atoms with Crippen LogP contribution in [0.2, 0.25) is 0 Å². The third-order valence-corrected chi connectivity index (χ3v) is 3.75. The number of nitrogens with zero attached hydrogens (tertiary/aromatic N) is 3. The SMILES string of the molecule is COCc1ccc(NC(=O)Nc2ccc(-n3cncn3)c(C(F)(F)F)c2)cc1. The fourth-order valence-corrected chi connectivity index (χ4v) is 2.52. The molecule has 10 heteroatoms. The van der Waals surface area contributed by atoms with E-state index in [1.165, 1.54) is 12.1 Å². The Hall–Kier alpha value is -3.40. The highest BCUT2D eigenvalue weighted by molar-refractivity contribution is 5.99. The van der Waals surface area contributed by atoms with Crippen molar-refractivity contribution in [1.29, 1.82) is 0 Å². The molecule has 2 aromatic carbocycles. The first-order valence-corrected chi connectivity index (χ1v) is 8.09. The molecule has 0 unspecified atom stereocenters. The maximum absolute atomic E-state index is 13.4. The van der Waals surface area contributed by atoms with Crippen molar-refractivity contribution >= 4 is 17.4 Å². The van der Waals surface area contributed by atoms with E-state index < -0.39 is 17.8 Å². The van der Waals surface area contributed by atoms with Crippen LogP contribution in [0.4, 0.5) is 29.3 Å². The van der Waals surface area contributed by atoms with Crippen molar-refractivity contribution in [2.45, 2.75) is 12.8 Å². The molecule has 2 N–H and O–H groups in total. The van der Waals surface area contributed by atoms with Crippen LogP contribution >= 0.6 is 0 Å². The summed E-state index contributed by atoms with van der Waals surface area (Å²) >= 11 is 0. The number of hydrogen-bond donors (Lipinski definition) is 2. The zero-order valence-corrected chi connectivity index (χ0v) is 14.7. The van der Waals surface area contributed by atoms with Crippen molar-refractivity contribution in [1.82, 2.24) is 14.8 Å². The Morgan fingerprint density at radius 3 is 2.39 bits per heavy atom. The van der Waals surface area contributed by atoms with E-state index >= 15 is 0 Å². The lowest BCUT2D eigenvalue weighted by atomic mass is 10.1. The summed E-state index contributed by atoms with van der Waals surface area (Å²) in [7, 11) is 1.57. The van der Waals surface area contributed by atoms with Crippen LogP contribution < -0.4 is 10.6 Å². The topological polar surface area (TPSA) is 81.1 Å². The number of benzene rings is 2. The Morgan fingerprint density at radius 1 is 1.11 bits per heavy atom. The van der Waals surface area contributed by atoms with Gasteiger partial charge in [-0.1, -0.05) is 12.1 Å². The van der Waals surface area contributed by atoms with Gasteiger partial charge in [-0.25, -0.2) is 14.5 Å². The molecular formula is C18H16F3N5O2. The lowest BCUT2D eigenvalue weighted by Crippen LogP contribution is -2.20. The molecule has 7 nitrogen and oxygen atoms in total. The molecule has 3 rings (SSSR count). The van der Waals surface area contributed by atoms with Gasteiger partial charge in [-0.3, -0.25) is 0 Å². The van der Waals surface area contributed by atoms with Crippen LogP contribution in [0.25, 0.3) is 5.69 Å². The smallest absolute Gasteiger partial charge is 0.380 e. The van der Waals surface area contributed by atoms with Crippen LogP contribution in [-0.4, -0.2) is 27.9 Å². The van der Waals surface area contributed by atoms with E-state index in [0.29, 0.717) is 12.3 Å². The van der Waals surface area contributed by atoms with Crippen molar-refractivity contribution in [3.63, 3.8) is 0 Å². The van der Waals surface area contributed by atoms with Gasteiger partial charge in [0, 0.05) is 18.5 Å². The second kappa shape index (κ2) is 8.09. The highest BCUT2D eigenvalue weighted by Crippen LogP contribution is 2.35. The number of methoxy groups -OCH3 is 1. The number of halogens is 3. The Kier molecular flexibility index (Phi) is 5.59. The van der Waals surface area contributed by atoms with Gasteiger partial charge in [0.15, 0.2) is 0 Å². The number of amides is 2. The fraction of sp³-hybridized carbons (Fsp3) is 0.167. The standard InChI is InChI=1S/C18H16F3N5O2/c1-28-9-12-2-4-13(5-3-12)24-17(27)25-14-6-7-16(26-11-22-10-23-26)15(8-14)18(19,20)21/h2-8,10-11H,9H2,1H3,(H2,24,25,27). The van der Waals surface area contributed by atoms with E-state index in [1.807, 2.05) is 0 Å². The molecule has 0 aliphatic heterocycles. The predicted molar refractivity (Wildman–Crippen MR) is 96.2 cm³/mol. The quantitative estimate of drug-likeness (QED) is 0.687. The molecule has 0 saturated heterocycles. The molecule has 0 saturated carbocycles. The number of alkyl halides is 3.